The van der Waals surface area contributed by atoms with E-state index in [1.165, 1.54) is 24.3 Å². The summed E-state index contributed by atoms with van der Waals surface area (Å²) in [5.41, 5.74) is 5.94. The Morgan fingerprint density at radius 3 is 2.06 bits per heavy atom. The minimum atomic E-state index is -0.971. The van der Waals surface area contributed by atoms with Crippen molar-refractivity contribution in [1.29, 1.82) is 0 Å². The molecule has 0 saturated carbocycles. The monoisotopic (exact) mass is 930 g/mol. The second-order valence-electron chi connectivity index (χ2n) is 17.5. The highest BCUT2D eigenvalue weighted by molar-refractivity contribution is 6.04. The molecule has 69 heavy (non-hydrogen) atoms. The van der Waals surface area contributed by atoms with E-state index in [9.17, 15) is 33.4 Å². The fourth-order valence-electron chi connectivity index (χ4n) is 9.30. The van der Waals surface area contributed by atoms with Gasteiger partial charge in [-0.15, -0.1) is 0 Å². The number of amides is 3. The zero-order valence-corrected chi connectivity index (χ0v) is 38.1. The quantitative estimate of drug-likeness (QED) is 0.0353. The number of aromatic nitrogens is 2. The zero-order chi connectivity index (χ0) is 48.1. The van der Waals surface area contributed by atoms with Crippen LogP contribution in [0.2, 0.25) is 0 Å². The summed E-state index contributed by atoms with van der Waals surface area (Å²) in [6.45, 7) is 0.366. The Morgan fingerprint density at radius 1 is 0.710 bits per heavy atom. The number of benzene rings is 4. The van der Waals surface area contributed by atoms with Crippen LogP contribution in [0.15, 0.2) is 175 Å². The van der Waals surface area contributed by atoms with E-state index >= 15 is 0 Å². The van der Waals surface area contributed by atoms with Gasteiger partial charge < -0.3 is 31.1 Å². The Labute approximate surface area is 401 Å². The van der Waals surface area contributed by atoms with Gasteiger partial charge in [0.05, 0.1) is 36.1 Å². The van der Waals surface area contributed by atoms with Crippen LogP contribution < -0.4 is 20.9 Å². The number of carbonyl (C=O) groups is 3. The van der Waals surface area contributed by atoms with Crippen molar-refractivity contribution in [2.45, 2.75) is 81.6 Å². The van der Waals surface area contributed by atoms with E-state index in [4.69, 9.17) is 0 Å². The lowest BCUT2D eigenvalue weighted by atomic mass is 9.75. The predicted molar refractivity (Wildman–Crippen MR) is 263 cm³/mol. The van der Waals surface area contributed by atoms with Gasteiger partial charge in [0.2, 0.25) is 17.7 Å². The number of nitrogens with one attached hydrogen (secondary N) is 3. The molecule has 4 aromatic carbocycles. The van der Waals surface area contributed by atoms with Crippen molar-refractivity contribution in [3.63, 3.8) is 0 Å². The number of aliphatic hydroxyl groups excluding tert-OH is 2. The Bertz CT molecular complexity index is 2720. The number of carbonyl (C=O) groups excluding carboxylic acids is 3. The first kappa shape index (κ1) is 48.1. The molecule has 354 valence electrons. The van der Waals surface area contributed by atoms with E-state index < -0.39 is 41.7 Å². The van der Waals surface area contributed by atoms with Gasteiger partial charge in [0.15, 0.2) is 0 Å². The van der Waals surface area contributed by atoms with Crippen molar-refractivity contribution in [1.82, 2.24) is 15.3 Å². The van der Waals surface area contributed by atoms with Gasteiger partial charge in [0.25, 0.3) is 0 Å². The Kier molecular flexibility index (Phi) is 16.1. The van der Waals surface area contributed by atoms with Gasteiger partial charge in [-0.1, -0.05) is 90.5 Å². The lowest BCUT2D eigenvalue weighted by molar-refractivity contribution is -0.130. The first-order chi connectivity index (χ1) is 33.6. The Morgan fingerprint density at radius 2 is 1.38 bits per heavy atom. The fraction of sp³-hybridized carbons (Fsp3) is 0.268. The summed E-state index contributed by atoms with van der Waals surface area (Å²) in [6.07, 6.45) is 9.04. The molecule has 8 rings (SSSR count). The highest BCUT2D eigenvalue weighted by Crippen LogP contribution is 2.45. The molecule has 3 amide bonds. The number of unbranched alkanes of at least 4 members (excludes halogenated alkanes) is 1. The van der Waals surface area contributed by atoms with Gasteiger partial charge in [-0.05, 0) is 128 Å². The van der Waals surface area contributed by atoms with Crippen LogP contribution in [0.3, 0.4) is 0 Å². The van der Waals surface area contributed by atoms with Crippen molar-refractivity contribution in [3.8, 4) is 0 Å². The molecule has 6 aromatic rings. The molecule has 3 heterocycles. The normalized spacial score (nSPS) is 17.3. The summed E-state index contributed by atoms with van der Waals surface area (Å²) in [4.78, 5) is 51.0. The van der Waals surface area contributed by atoms with Crippen molar-refractivity contribution in [3.05, 3.63) is 209 Å². The molecule has 5 N–H and O–H groups in total. The van der Waals surface area contributed by atoms with E-state index in [0.29, 0.717) is 73.5 Å². The molecule has 1 aliphatic carbocycles. The summed E-state index contributed by atoms with van der Waals surface area (Å²) >= 11 is 0. The van der Waals surface area contributed by atoms with Gasteiger partial charge >= 0.3 is 0 Å². The minimum Gasteiger partial charge on any atom is -0.388 e. The molecule has 1 saturated heterocycles. The standard InChI is InChI=1S/C56H56F2N6O5/c57-41-26-24-38(25-27-41)48(65)33-32-45-54(64(56(45)69)43-30-28-42(58)29-31-43)39-22-20-37(21-23-39)36-61-50(66)18-6-7-19-51(67)62-46-15-5-4-14-44(46)53(63-49-17-9-11-35-60-49)52(47-16-8-10-34-59-47)55(68)40-12-2-1-3-13-40/h1-5,8-17,20,22,24-31,34-35,45,48,52-55,65,68H,6-7,18-19,21,23,32-33,36H2,(H,60,63)(H,61,66)(H,62,67). The molecule has 6 unspecified atom stereocenters. The van der Waals surface area contributed by atoms with E-state index in [1.54, 1.807) is 41.6 Å². The van der Waals surface area contributed by atoms with Crippen LogP contribution in [0.4, 0.5) is 26.0 Å². The molecule has 2 aliphatic rings. The predicted octanol–water partition coefficient (Wildman–Crippen LogP) is 10.2. The van der Waals surface area contributed by atoms with Crippen molar-refractivity contribution < 1.29 is 33.4 Å². The van der Waals surface area contributed by atoms with E-state index in [-0.39, 0.29) is 36.6 Å². The molecule has 1 aliphatic heterocycles. The van der Waals surface area contributed by atoms with Gasteiger partial charge in [0, 0.05) is 48.8 Å². The maximum atomic E-state index is 13.8. The number of aliphatic hydroxyl groups is 2. The third-order valence-corrected chi connectivity index (χ3v) is 13.0. The molecule has 13 heteroatoms. The summed E-state index contributed by atoms with van der Waals surface area (Å²) in [5.74, 6) is -1.61. The molecule has 6 atom stereocenters. The highest BCUT2D eigenvalue weighted by atomic mass is 19.1. The van der Waals surface area contributed by atoms with Crippen LogP contribution in [0.5, 0.6) is 0 Å². The van der Waals surface area contributed by atoms with Gasteiger partial charge in [0.1, 0.15) is 17.5 Å². The van der Waals surface area contributed by atoms with Crippen LogP contribution in [0.1, 0.15) is 97.9 Å². The second kappa shape index (κ2) is 23.1. The topological polar surface area (TPSA) is 157 Å². The third-order valence-electron chi connectivity index (χ3n) is 13.0. The second-order valence-corrected chi connectivity index (χ2v) is 17.5. The molecule has 0 radical (unpaired) electrons. The van der Waals surface area contributed by atoms with Crippen LogP contribution in [0.25, 0.3) is 0 Å². The molecular weight excluding hydrogens is 875 g/mol. The maximum absolute atomic E-state index is 13.8. The number of allylic oxidation sites excluding steroid dienone is 2. The largest absolute Gasteiger partial charge is 0.388 e. The van der Waals surface area contributed by atoms with Crippen molar-refractivity contribution >= 4 is 34.9 Å². The number of para-hydroxylation sites is 1. The molecule has 2 aromatic heterocycles. The van der Waals surface area contributed by atoms with E-state index in [0.717, 1.165) is 22.3 Å². The van der Waals surface area contributed by atoms with E-state index in [2.05, 4.69) is 25.9 Å². The molecule has 1 fully saturated rings. The maximum Gasteiger partial charge on any atom is 0.233 e. The first-order valence-corrected chi connectivity index (χ1v) is 23.5. The summed E-state index contributed by atoms with van der Waals surface area (Å²) in [6, 6.07) is 38.8. The number of hydrogen-bond donors (Lipinski definition) is 5. The fourth-order valence-corrected chi connectivity index (χ4v) is 9.30. The third kappa shape index (κ3) is 12.2. The van der Waals surface area contributed by atoms with E-state index in [1.807, 2.05) is 103 Å². The summed E-state index contributed by atoms with van der Waals surface area (Å²) in [7, 11) is 0. The van der Waals surface area contributed by atoms with Crippen molar-refractivity contribution in [2.24, 2.45) is 5.92 Å². The lowest BCUT2D eigenvalue weighted by Gasteiger charge is -2.49. The highest BCUT2D eigenvalue weighted by Gasteiger charge is 2.49. The van der Waals surface area contributed by atoms with Gasteiger partial charge in [-0.2, -0.15) is 0 Å². The SMILES string of the molecule is O=C(CCCCC(=O)Nc1ccccc1C(Nc1ccccn1)C(c1ccccn1)C(O)c1ccccc1)NCC1=CC=C(C2C(CCC(O)c3ccc(F)cc3)C(=O)N2c2ccc(F)cc2)CC1. The molecule has 0 spiro atoms. The molecular formula is C56H56F2N6O5. The van der Waals surface area contributed by atoms with Crippen LogP contribution in [-0.4, -0.2) is 50.5 Å². The Balaban J connectivity index is 0.860. The zero-order valence-electron chi connectivity index (χ0n) is 38.1. The number of halogens is 2. The van der Waals surface area contributed by atoms with Gasteiger partial charge in [-0.3, -0.25) is 19.4 Å². The Hall–Kier alpha value is -7.35. The summed E-state index contributed by atoms with van der Waals surface area (Å²) in [5, 5.41) is 32.5. The summed E-state index contributed by atoms with van der Waals surface area (Å²) < 4.78 is 27.3. The van der Waals surface area contributed by atoms with Crippen LogP contribution in [-0.2, 0) is 14.4 Å². The minimum absolute atomic E-state index is 0.101. The number of pyridine rings is 2. The van der Waals surface area contributed by atoms with Crippen molar-refractivity contribution in [2.75, 3.05) is 22.1 Å². The van der Waals surface area contributed by atoms with Crippen LogP contribution in [0, 0.1) is 17.6 Å². The lowest BCUT2D eigenvalue weighted by Crippen LogP contribution is -2.62. The smallest absolute Gasteiger partial charge is 0.233 e. The molecule has 11 nitrogen and oxygen atoms in total. The number of anilines is 3. The average Bonchev–Trinajstić information content (AvgIpc) is 3.38. The number of nitrogens with zero attached hydrogens (tertiary/aromatic N) is 3. The number of hydrogen-bond acceptors (Lipinski definition) is 8. The first-order valence-electron chi connectivity index (χ1n) is 23.5. The van der Waals surface area contributed by atoms with Gasteiger partial charge in [-0.25, -0.2) is 13.8 Å². The number of β-lactam (4-membered cyclic amide) rings is 1. The average molecular weight is 931 g/mol. The molecule has 0 bridgehead atoms. The van der Waals surface area contributed by atoms with Crippen LogP contribution >= 0.6 is 0 Å². The number of rotatable bonds is 21.